The zero-order chi connectivity index (χ0) is 12.3. The first-order valence-corrected chi connectivity index (χ1v) is 7.21. The number of amides is 1. The van der Waals surface area contributed by atoms with E-state index in [4.69, 9.17) is 5.73 Å². The van der Waals surface area contributed by atoms with Crippen LogP contribution in [0.25, 0.3) is 0 Å². The number of likely N-dealkylation sites (tertiary alicyclic amines) is 1. The molecule has 0 radical (unpaired) electrons. The van der Waals surface area contributed by atoms with Crippen molar-refractivity contribution in [2.24, 2.45) is 17.1 Å². The molecule has 2 N–H and O–H groups in total. The summed E-state index contributed by atoms with van der Waals surface area (Å²) in [7, 11) is 0. The molecule has 2 aliphatic rings. The lowest BCUT2D eigenvalue weighted by Crippen LogP contribution is -2.47. The minimum atomic E-state index is -0.00441. The first kappa shape index (κ1) is 15.8. The molecule has 0 aromatic rings. The molecule has 1 saturated carbocycles. The van der Waals surface area contributed by atoms with Gasteiger partial charge in [0, 0.05) is 18.5 Å². The van der Waals surface area contributed by atoms with Gasteiger partial charge in [-0.25, -0.2) is 0 Å². The van der Waals surface area contributed by atoms with Gasteiger partial charge < -0.3 is 10.6 Å². The van der Waals surface area contributed by atoms with E-state index in [-0.39, 0.29) is 17.8 Å². The summed E-state index contributed by atoms with van der Waals surface area (Å²) in [6.45, 7) is 4.82. The van der Waals surface area contributed by atoms with Crippen molar-refractivity contribution in [3.8, 4) is 0 Å². The van der Waals surface area contributed by atoms with Crippen molar-refractivity contribution in [2.45, 2.75) is 51.9 Å². The van der Waals surface area contributed by atoms with Crippen molar-refractivity contribution in [1.29, 1.82) is 0 Å². The fourth-order valence-electron chi connectivity index (χ4n) is 3.48. The normalized spacial score (nSPS) is 23.8. The number of nitrogens with zero attached hydrogens (tertiary/aromatic N) is 1. The van der Waals surface area contributed by atoms with Crippen molar-refractivity contribution in [2.75, 3.05) is 19.6 Å². The Bertz CT molecular complexity index is 269. The van der Waals surface area contributed by atoms with Crippen molar-refractivity contribution in [3.05, 3.63) is 0 Å². The molecular weight excluding hydrogens is 248 g/mol. The van der Waals surface area contributed by atoms with Crippen LogP contribution in [0.15, 0.2) is 0 Å². The second-order valence-electron chi connectivity index (χ2n) is 5.81. The van der Waals surface area contributed by atoms with Crippen molar-refractivity contribution < 1.29 is 4.79 Å². The molecule has 2 fully saturated rings. The molecule has 0 unspecified atom stereocenters. The second-order valence-corrected chi connectivity index (χ2v) is 5.81. The van der Waals surface area contributed by atoms with Gasteiger partial charge in [-0.15, -0.1) is 12.4 Å². The highest BCUT2D eigenvalue weighted by Crippen LogP contribution is 2.43. The average Bonchev–Trinajstić information content (AvgIpc) is 2.88. The van der Waals surface area contributed by atoms with E-state index in [1.54, 1.807) is 0 Å². The molecular formula is C14H27ClN2O. The topological polar surface area (TPSA) is 46.3 Å². The molecule has 1 aliphatic carbocycles. The van der Waals surface area contributed by atoms with Crippen LogP contribution in [-0.4, -0.2) is 30.4 Å². The molecule has 1 heterocycles. The molecule has 0 aromatic heterocycles. The number of piperidine rings is 1. The van der Waals surface area contributed by atoms with E-state index in [0.29, 0.717) is 11.8 Å². The average molecular weight is 275 g/mol. The van der Waals surface area contributed by atoms with Gasteiger partial charge in [0.1, 0.15) is 0 Å². The van der Waals surface area contributed by atoms with Gasteiger partial charge in [0.25, 0.3) is 0 Å². The highest BCUT2D eigenvalue weighted by Gasteiger charge is 2.42. The summed E-state index contributed by atoms with van der Waals surface area (Å²) in [5, 5.41) is 0. The Hall–Kier alpha value is -0.280. The quantitative estimate of drug-likeness (QED) is 0.860. The zero-order valence-corrected chi connectivity index (χ0v) is 12.3. The Morgan fingerprint density at radius 3 is 2.28 bits per heavy atom. The van der Waals surface area contributed by atoms with E-state index in [0.717, 1.165) is 51.7 Å². The summed E-state index contributed by atoms with van der Waals surface area (Å²) in [4.78, 5) is 14.8. The highest BCUT2D eigenvalue weighted by molar-refractivity contribution is 5.85. The summed E-state index contributed by atoms with van der Waals surface area (Å²) in [6.07, 6.45) is 7.91. The van der Waals surface area contributed by atoms with E-state index in [1.807, 2.05) is 0 Å². The largest absolute Gasteiger partial charge is 0.342 e. The Labute approximate surface area is 117 Å². The minimum absolute atomic E-state index is 0. The lowest BCUT2D eigenvalue weighted by molar-refractivity contribution is -0.143. The van der Waals surface area contributed by atoms with E-state index in [2.05, 4.69) is 11.8 Å². The molecule has 1 saturated heterocycles. The molecule has 2 rings (SSSR count). The Kier molecular flexibility index (Phi) is 5.93. The van der Waals surface area contributed by atoms with E-state index < -0.39 is 0 Å². The Morgan fingerprint density at radius 2 is 1.83 bits per heavy atom. The van der Waals surface area contributed by atoms with Crippen LogP contribution in [-0.2, 0) is 4.79 Å². The van der Waals surface area contributed by atoms with E-state index in [1.165, 1.54) is 12.8 Å². The number of hydrogen-bond acceptors (Lipinski definition) is 2. The van der Waals surface area contributed by atoms with Crippen LogP contribution in [0.2, 0.25) is 0 Å². The SMILES string of the molecule is CCC1(C(=O)N2CCC(CN)CC2)CCCC1.Cl. The standard InChI is InChI=1S/C14H26N2O.ClH/c1-2-14(7-3-4-8-14)13(17)16-9-5-12(11-15)6-10-16;/h12H,2-11,15H2,1H3;1H. The fourth-order valence-corrected chi connectivity index (χ4v) is 3.48. The van der Waals surface area contributed by atoms with Crippen molar-refractivity contribution in [3.63, 3.8) is 0 Å². The van der Waals surface area contributed by atoms with Gasteiger partial charge in [-0.05, 0) is 44.6 Å². The van der Waals surface area contributed by atoms with Gasteiger partial charge in [-0.1, -0.05) is 19.8 Å². The molecule has 0 bridgehead atoms. The van der Waals surface area contributed by atoms with Crippen LogP contribution in [0.5, 0.6) is 0 Å². The fraction of sp³-hybridized carbons (Fsp3) is 0.929. The summed E-state index contributed by atoms with van der Waals surface area (Å²) in [5.74, 6) is 1.08. The Balaban J connectivity index is 0.00000162. The number of hydrogen-bond donors (Lipinski definition) is 1. The van der Waals surface area contributed by atoms with Gasteiger partial charge in [-0.3, -0.25) is 4.79 Å². The van der Waals surface area contributed by atoms with Crippen LogP contribution in [0.3, 0.4) is 0 Å². The smallest absolute Gasteiger partial charge is 0.228 e. The molecule has 4 heteroatoms. The monoisotopic (exact) mass is 274 g/mol. The lowest BCUT2D eigenvalue weighted by atomic mass is 9.81. The van der Waals surface area contributed by atoms with E-state index in [9.17, 15) is 4.79 Å². The van der Waals surface area contributed by atoms with Crippen LogP contribution in [0.4, 0.5) is 0 Å². The van der Waals surface area contributed by atoms with Crippen molar-refractivity contribution in [1.82, 2.24) is 4.90 Å². The number of carbonyl (C=O) groups excluding carboxylic acids is 1. The molecule has 0 aromatic carbocycles. The maximum Gasteiger partial charge on any atom is 0.228 e. The number of halogens is 1. The molecule has 18 heavy (non-hydrogen) atoms. The van der Waals surface area contributed by atoms with Crippen LogP contribution in [0, 0.1) is 11.3 Å². The first-order valence-electron chi connectivity index (χ1n) is 7.21. The molecule has 1 aliphatic heterocycles. The zero-order valence-electron chi connectivity index (χ0n) is 11.5. The van der Waals surface area contributed by atoms with Gasteiger partial charge in [0.2, 0.25) is 5.91 Å². The Morgan fingerprint density at radius 1 is 1.28 bits per heavy atom. The van der Waals surface area contributed by atoms with Crippen LogP contribution in [0.1, 0.15) is 51.9 Å². The molecule has 1 amide bonds. The third kappa shape index (κ3) is 3.00. The highest BCUT2D eigenvalue weighted by atomic mass is 35.5. The van der Waals surface area contributed by atoms with Gasteiger partial charge in [0.05, 0.1) is 0 Å². The third-order valence-electron chi connectivity index (χ3n) is 4.93. The molecule has 0 atom stereocenters. The number of nitrogens with two attached hydrogens (primary N) is 1. The summed E-state index contributed by atoms with van der Waals surface area (Å²) < 4.78 is 0. The van der Waals surface area contributed by atoms with Crippen molar-refractivity contribution >= 4 is 18.3 Å². The third-order valence-corrected chi connectivity index (χ3v) is 4.93. The van der Waals surface area contributed by atoms with Crippen LogP contribution < -0.4 is 5.73 Å². The van der Waals surface area contributed by atoms with Gasteiger partial charge in [0.15, 0.2) is 0 Å². The molecule has 0 spiro atoms. The lowest BCUT2D eigenvalue weighted by Gasteiger charge is -2.38. The second kappa shape index (κ2) is 6.76. The number of rotatable bonds is 3. The van der Waals surface area contributed by atoms with Gasteiger partial charge >= 0.3 is 0 Å². The predicted molar refractivity (Wildman–Crippen MR) is 76.8 cm³/mol. The summed E-state index contributed by atoms with van der Waals surface area (Å²) in [6, 6.07) is 0. The maximum atomic E-state index is 12.6. The maximum absolute atomic E-state index is 12.6. The molecule has 106 valence electrons. The minimum Gasteiger partial charge on any atom is -0.342 e. The summed E-state index contributed by atoms with van der Waals surface area (Å²) >= 11 is 0. The first-order chi connectivity index (χ1) is 8.22. The molecule has 3 nitrogen and oxygen atoms in total. The van der Waals surface area contributed by atoms with Gasteiger partial charge in [-0.2, -0.15) is 0 Å². The number of carbonyl (C=O) groups is 1. The predicted octanol–water partition coefficient (Wildman–Crippen LogP) is 2.58. The van der Waals surface area contributed by atoms with E-state index >= 15 is 0 Å². The summed E-state index contributed by atoms with van der Waals surface area (Å²) in [5.41, 5.74) is 5.69. The van der Waals surface area contributed by atoms with Crippen LogP contribution >= 0.6 is 12.4 Å².